The van der Waals surface area contributed by atoms with Gasteiger partial charge in [-0.05, 0) is 32.9 Å². The molecule has 1 unspecified atom stereocenters. The maximum Gasteiger partial charge on any atom is 0.417 e. The number of hydrogen-bond donors (Lipinski definition) is 1. The molecule has 1 N–H and O–H groups in total. The molecule has 1 atom stereocenters. The molecule has 1 fully saturated rings. The van der Waals surface area contributed by atoms with Crippen molar-refractivity contribution in [3.8, 4) is 16.6 Å². The number of alkyl halides is 3. The molecule has 11 heteroatoms. The van der Waals surface area contributed by atoms with Crippen molar-refractivity contribution in [2.75, 3.05) is 6.61 Å². The average Bonchev–Trinajstić information content (AvgIpc) is 3.17. The van der Waals surface area contributed by atoms with Gasteiger partial charge in [-0.2, -0.15) is 18.4 Å². The average molecular weight is 412 g/mol. The Morgan fingerprint density at radius 2 is 2.04 bits per heavy atom. The van der Waals surface area contributed by atoms with E-state index in [2.05, 4.69) is 10.2 Å². The molecule has 7 nitrogen and oxygen atoms in total. The number of aromatic nitrogens is 2. The lowest BCUT2D eigenvalue weighted by atomic mass is 10.0. The van der Waals surface area contributed by atoms with Crippen molar-refractivity contribution in [3.63, 3.8) is 0 Å². The first-order valence-electron chi connectivity index (χ1n) is 8.03. The highest BCUT2D eigenvalue weighted by molar-refractivity contribution is 7.14. The van der Waals surface area contributed by atoms with Gasteiger partial charge in [0.2, 0.25) is 0 Å². The first-order valence-corrected chi connectivity index (χ1v) is 8.85. The van der Waals surface area contributed by atoms with Crippen LogP contribution in [0.3, 0.4) is 0 Å². The Bertz CT molecular complexity index is 983. The lowest BCUT2D eigenvalue weighted by molar-refractivity contribution is -0.137. The number of carbonyl (C=O) groups is 1. The number of hydrogen-bond acceptors (Lipinski definition) is 6. The summed E-state index contributed by atoms with van der Waals surface area (Å²) in [5.74, 6) is 0. The number of nitriles is 1. The summed E-state index contributed by atoms with van der Waals surface area (Å²) in [6.07, 6.45) is -5.90. The van der Waals surface area contributed by atoms with E-state index in [1.165, 1.54) is 12.1 Å². The SMILES string of the molecule is CC1(C)OCC(C)(c2nnc(-c3ccc(C#N)c(C(F)(F)F)c3)s2)N1C(=O)O. The maximum absolute atomic E-state index is 13.2. The Morgan fingerprint density at radius 3 is 2.61 bits per heavy atom. The molecule has 2 aromatic rings. The molecule has 1 aromatic carbocycles. The number of ether oxygens (including phenoxy) is 1. The van der Waals surface area contributed by atoms with E-state index in [1.807, 2.05) is 0 Å². The van der Waals surface area contributed by atoms with Crippen LogP contribution in [0.25, 0.3) is 10.6 Å². The third-order valence-electron chi connectivity index (χ3n) is 4.51. The minimum atomic E-state index is -4.69. The zero-order chi connectivity index (χ0) is 20.9. The second kappa shape index (κ2) is 6.42. The van der Waals surface area contributed by atoms with E-state index in [4.69, 9.17) is 10.00 Å². The fourth-order valence-electron chi connectivity index (χ4n) is 3.21. The molecule has 148 valence electrons. The maximum atomic E-state index is 13.2. The minimum Gasteiger partial charge on any atom is -0.465 e. The van der Waals surface area contributed by atoms with Gasteiger partial charge < -0.3 is 9.84 Å². The predicted octanol–water partition coefficient (Wildman–Crippen LogP) is 4.06. The van der Waals surface area contributed by atoms with Crippen molar-refractivity contribution < 1.29 is 27.8 Å². The Balaban J connectivity index is 2.04. The number of halogens is 3. The van der Waals surface area contributed by atoms with Gasteiger partial charge in [-0.15, -0.1) is 10.2 Å². The molecular formula is C17H15F3N4O3S. The van der Waals surface area contributed by atoms with Gasteiger partial charge in [0.05, 0.1) is 23.8 Å². The molecule has 1 aromatic heterocycles. The molecular weight excluding hydrogens is 397 g/mol. The topological polar surface area (TPSA) is 99.3 Å². The third kappa shape index (κ3) is 3.18. The smallest absolute Gasteiger partial charge is 0.417 e. The van der Waals surface area contributed by atoms with Gasteiger partial charge in [0.15, 0.2) is 0 Å². The van der Waals surface area contributed by atoms with Crippen LogP contribution in [0.1, 0.15) is 36.9 Å². The quantitative estimate of drug-likeness (QED) is 0.799. The molecule has 1 aliphatic heterocycles. The number of nitrogens with zero attached hydrogens (tertiary/aromatic N) is 4. The van der Waals surface area contributed by atoms with Crippen molar-refractivity contribution in [3.05, 3.63) is 34.3 Å². The van der Waals surface area contributed by atoms with Crippen molar-refractivity contribution >= 4 is 17.4 Å². The zero-order valence-corrected chi connectivity index (χ0v) is 15.9. The molecule has 1 amide bonds. The van der Waals surface area contributed by atoms with Crippen LogP contribution in [0.4, 0.5) is 18.0 Å². The van der Waals surface area contributed by atoms with Crippen LogP contribution in [-0.4, -0.2) is 38.6 Å². The fraction of sp³-hybridized carbons (Fsp3) is 0.412. The molecule has 0 spiro atoms. The van der Waals surface area contributed by atoms with Gasteiger partial charge in [-0.1, -0.05) is 17.4 Å². The summed E-state index contributed by atoms with van der Waals surface area (Å²) < 4.78 is 45.2. The van der Waals surface area contributed by atoms with Crippen LogP contribution in [0.2, 0.25) is 0 Å². The van der Waals surface area contributed by atoms with E-state index in [9.17, 15) is 23.1 Å². The van der Waals surface area contributed by atoms with Crippen molar-refractivity contribution in [1.82, 2.24) is 15.1 Å². The lowest BCUT2D eigenvalue weighted by Crippen LogP contribution is -2.51. The van der Waals surface area contributed by atoms with E-state index in [1.54, 1.807) is 20.8 Å². The minimum absolute atomic E-state index is 0.0299. The highest BCUT2D eigenvalue weighted by Crippen LogP contribution is 2.44. The summed E-state index contributed by atoms with van der Waals surface area (Å²) in [4.78, 5) is 12.9. The molecule has 28 heavy (non-hydrogen) atoms. The Kier molecular flexibility index (Phi) is 4.60. The first-order chi connectivity index (χ1) is 12.9. The summed E-state index contributed by atoms with van der Waals surface area (Å²) in [7, 11) is 0. The van der Waals surface area contributed by atoms with Gasteiger partial charge in [0.1, 0.15) is 21.3 Å². The summed E-state index contributed by atoms with van der Waals surface area (Å²) in [5, 5.41) is 26.9. The van der Waals surface area contributed by atoms with Gasteiger partial charge in [0.25, 0.3) is 0 Å². The lowest BCUT2D eigenvalue weighted by Gasteiger charge is -2.35. The number of amides is 1. The fourth-order valence-corrected chi connectivity index (χ4v) is 4.17. The molecule has 0 bridgehead atoms. The van der Waals surface area contributed by atoms with Gasteiger partial charge in [-0.25, -0.2) is 4.79 Å². The van der Waals surface area contributed by atoms with E-state index in [-0.39, 0.29) is 17.2 Å². The van der Waals surface area contributed by atoms with E-state index in [0.717, 1.165) is 28.4 Å². The molecule has 0 radical (unpaired) electrons. The van der Waals surface area contributed by atoms with E-state index in [0.29, 0.717) is 5.01 Å². The van der Waals surface area contributed by atoms with Crippen LogP contribution in [0, 0.1) is 11.3 Å². The second-order valence-corrected chi connectivity index (χ2v) is 7.89. The number of rotatable bonds is 2. The highest BCUT2D eigenvalue weighted by atomic mass is 32.1. The van der Waals surface area contributed by atoms with Crippen LogP contribution in [0.15, 0.2) is 18.2 Å². The van der Waals surface area contributed by atoms with E-state index < -0.39 is 34.7 Å². The molecule has 1 aliphatic rings. The van der Waals surface area contributed by atoms with Gasteiger partial charge in [-0.3, -0.25) is 4.90 Å². The molecule has 0 saturated carbocycles. The number of carboxylic acid groups (broad SMARTS) is 1. The van der Waals surface area contributed by atoms with Crippen LogP contribution < -0.4 is 0 Å². The molecule has 1 saturated heterocycles. The van der Waals surface area contributed by atoms with Crippen LogP contribution >= 0.6 is 11.3 Å². The van der Waals surface area contributed by atoms with Crippen LogP contribution in [0.5, 0.6) is 0 Å². The first kappa shape index (κ1) is 20.0. The predicted molar refractivity (Wildman–Crippen MR) is 92.3 cm³/mol. The normalized spacial score (nSPS) is 21.5. The van der Waals surface area contributed by atoms with Gasteiger partial charge in [0, 0.05) is 5.56 Å². The Labute approximate surface area is 162 Å². The van der Waals surface area contributed by atoms with Crippen molar-refractivity contribution in [2.24, 2.45) is 0 Å². The van der Waals surface area contributed by atoms with E-state index >= 15 is 0 Å². The zero-order valence-electron chi connectivity index (χ0n) is 15.0. The summed E-state index contributed by atoms with van der Waals surface area (Å²) in [6, 6.07) is 4.79. The summed E-state index contributed by atoms with van der Waals surface area (Å²) in [6.45, 7) is 4.86. The second-order valence-electron chi connectivity index (χ2n) is 6.91. The third-order valence-corrected chi connectivity index (χ3v) is 5.73. The highest BCUT2D eigenvalue weighted by Gasteiger charge is 2.54. The standard InChI is InChI=1S/C17H15F3N4O3S/c1-15(2)24(14(25)26)16(3,8-27-15)13-23-22-12(28-13)9-4-5-10(7-21)11(6-9)17(18,19)20/h4-6H,8H2,1-3H3,(H,25,26). The van der Waals surface area contributed by atoms with Gasteiger partial charge >= 0.3 is 12.3 Å². The monoisotopic (exact) mass is 412 g/mol. The van der Waals surface area contributed by atoms with Crippen molar-refractivity contribution in [1.29, 1.82) is 5.26 Å². The Morgan fingerprint density at radius 1 is 1.36 bits per heavy atom. The summed E-state index contributed by atoms with van der Waals surface area (Å²) >= 11 is 0.979. The Hall–Kier alpha value is -2.71. The molecule has 3 rings (SSSR count). The van der Waals surface area contributed by atoms with Crippen LogP contribution in [-0.2, 0) is 16.5 Å². The molecule has 0 aliphatic carbocycles. The van der Waals surface area contributed by atoms with Crippen molar-refractivity contribution in [2.45, 2.75) is 38.2 Å². The largest absolute Gasteiger partial charge is 0.465 e. The molecule has 2 heterocycles. The summed E-state index contributed by atoms with van der Waals surface area (Å²) in [5.41, 5.74) is -3.64. The number of benzene rings is 1.